The van der Waals surface area contributed by atoms with E-state index in [1.807, 2.05) is 24.3 Å². The molecule has 2 N–H and O–H groups in total. The van der Waals surface area contributed by atoms with Gasteiger partial charge in [-0.05, 0) is 24.1 Å². The molecule has 0 spiro atoms. The van der Waals surface area contributed by atoms with Crippen LogP contribution >= 0.6 is 0 Å². The predicted octanol–water partition coefficient (Wildman–Crippen LogP) is 1.23. The topological polar surface area (TPSA) is 70.1 Å². The third-order valence-electron chi connectivity index (χ3n) is 2.71. The zero-order chi connectivity index (χ0) is 13.0. The number of rotatable bonds is 5. The molecular weight excluding hydrogens is 230 g/mol. The summed E-state index contributed by atoms with van der Waals surface area (Å²) in [6.45, 7) is 0.708. The van der Waals surface area contributed by atoms with Gasteiger partial charge in [-0.3, -0.25) is 9.48 Å². The fourth-order valence-electron chi connectivity index (χ4n) is 1.65. The van der Waals surface area contributed by atoms with Gasteiger partial charge >= 0.3 is 0 Å². The molecule has 0 aliphatic rings. The second-order valence-electron chi connectivity index (χ2n) is 3.95. The van der Waals surface area contributed by atoms with E-state index in [2.05, 4.69) is 5.10 Å². The molecule has 1 aromatic carbocycles. The zero-order valence-electron chi connectivity index (χ0n) is 10.2. The van der Waals surface area contributed by atoms with Crippen molar-refractivity contribution in [2.75, 3.05) is 7.11 Å². The number of amides is 1. The normalized spacial score (nSPS) is 10.3. The third kappa shape index (κ3) is 2.88. The maximum absolute atomic E-state index is 10.9. The van der Waals surface area contributed by atoms with Crippen LogP contribution in [0.2, 0.25) is 0 Å². The van der Waals surface area contributed by atoms with E-state index in [0.29, 0.717) is 12.1 Å². The van der Waals surface area contributed by atoms with E-state index in [0.717, 1.165) is 12.2 Å². The Balaban J connectivity index is 1.95. The summed E-state index contributed by atoms with van der Waals surface area (Å²) in [4.78, 5) is 10.9. The fraction of sp³-hybridized carbons (Fsp3) is 0.231. The second-order valence-corrected chi connectivity index (χ2v) is 3.95. The summed E-state index contributed by atoms with van der Waals surface area (Å²) in [5.74, 6) is 0.388. The van der Waals surface area contributed by atoms with E-state index in [9.17, 15) is 4.79 Å². The average molecular weight is 245 g/mol. The van der Waals surface area contributed by atoms with Gasteiger partial charge in [-0.1, -0.05) is 12.1 Å². The van der Waals surface area contributed by atoms with Gasteiger partial charge in [-0.25, -0.2) is 0 Å². The minimum absolute atomic E-state index is 0.435. The Hall–Kier alpha value is -2.30. The first-order valence-corrected chi connectivity index (χ1v) is 5.64. The van der Waals surface area contributed by atoms with E-state index < -0.39 is 5.91 Å². The molecule has 2 aromatic rings. The number of carbonyl (C=O) groups is 1. The molecule has 2 rings (SSSR count). The van der Waals surface area contributed by atoms with Gasteiger partial charge in [-0.2, -0.15) is 5.10 Å². The van der Waals surface area contributed by atoms with Crippen LogP contribution in [0.4, 0.5) is 0 Å². The summed E-state index contributed by atoms with van der Waals surface area (Å²) in [6, 6.07) is 7.87. The summed E-state index contributed by atoms with van der Waals surface area (Å²) in [7, 11) is 1.64. The molecule has 1 amide bonds. The van der Waals surface area contributed by atoms with E-state index in [1.54, 1.807) is 18.0 Å². The molecule has 0 bridgehead atoms. The van der Waals surface area contributed by atoms with Crippen LogP contribution in [0.1, 0.15) is 15.9 Å². The standard InChI is InChI=1S/C13H15N3O2/c1-18-12-4-2-10(3-5-12)6-7-16-9-11(8-15-16)13(14)17/h2-5,8-9H,6-7H2,1H3,(H2,14,17). The van der Waals surface area contributed by atoms with Gasteiger partial charge in [0.2, 0.25) is 0 Å². The Morgan fingerprint density at radius 3 is 2.67 bits per heavy atom. The van der Waals surface area contributed by atoms with Gasteiger partial charge < -0.3 is 10.5 Å². The van der Waals surface area contributed by atoms with Crippen molar-refractivity contribution >= 4 is 5.91 Å². The molecule has 5 heteroatoms. The molecule has 0 radical (unpaired) electrons. The summed E-state index contributed by atoms with van der Waals surface area (Å²) in [5, 5.41) is 4.08. The van der Waals surface area contributed by atoms with Crippen LogP contribution in [0.3, 0.4) is 0 Å². The Bertz CT molecular complexity index is 531. The van der Waals surface area contributed by atoms with Crippen molar-refractivity contribution in [1.82, 2.24) is 9.78 Å². The lowest BCUT2D eigenvalue weighted by Crippen LogP contribution is -2.09. The first kappa shape index (κ1) is 12.2. The van der Waals surface area contributed by atoms with Gasteiger partial charge in [0.1, 0.15) is 5.75 Å². The highest BCUT2D eigenvalue weighted by molar-refractivity contribution is 5.92. The molecule has 18 heavy (non-hydrogen) atoms. The van der Waals surface area contributed by atoms with Crippen molar-refractivity contribution in [3.05, 3.63) is 47.8 Å². The number of primary amides is 1. The number of hydrogen-bond donors (Lipinski definition) is 1. The first-order valence-electron chi connectivity index (χ1n) is 5.64. The summed E-state index contributed by atoms with van der Waals surface area (Å²) in [5.41, 5.74) is 6.78. The van der Waals surface area contributed by atoms with Gasteiger partial charge in [0.15, 0.2) is 0 Å². The van der Waals surface area contributed by atoms with Gasteiger partial charge in [0.25, 0.3) is 5.91 Å². The highest BCUT2D eigenvalue weighted by Gasteiger charge is 2.03. The van der Waals surface area contributed by atoms with E-state index in [1.165, 1.54) is 11.8 Å². The lowest BCUT2D eigenvalue weighted by molar-refractivity contribution is 0.1000. The van der Waals surface area contributed by atoms with Gasteiger partial charge in [0, 0.05) is 12.7 Å². The average Bonchev–Trinajstić information content (AvgIpc) is 2.86. The molecule has 0 saturated heterocycles. The SMILES string of the molecule is COc1ccc(CCn2cc(C(N)=O)cn2)cc1. The predicted molar refractivity (Wildman–Crippen MR) is 67.4 cm³/mol. The largest absolute Gasteiger partial charge is 0.497 e. The number of nitrogens with two attached hydrogens (primary N) is 1. The summed E-state index contributed by atoms with van der Waals surface area (Å²) in [6.07, 6.45) is 3.98. The number of hydrogen-bond acceptors (Lipinski definition) is 3. The molecule has 1 aromatic heterocycles. The molecule has 94 valence electrons. The first-order chi connectivity index (χ1) is 8.69. The monoisotopic (exact) mass is 245 g/mol. The van der Waals surface area contributed by atoms with Crippen LogP contribution in [-0.2, 0) is 13.0 Å². The molecule has 0 atom stereocenters. The van der Waals surface area contributed by atoms with Crippen LogP contribution in [-0.4, -0.2) is 22.8 Å². The third-order valence-corrected chi connectivity index (χ3v) is 2.71. The number of aromatic nitrogens is 2. The molecule has 0 fully saturated rings. The van der Waals surface area contributed by atoms with Crippen molar-refractivity contribution in [1.29, 1.82) is 0 Å². The molecule has 0 unspecified atom stereocenters. The smallest absolute Gasteiger partial charge is 0.251 e. The maximum Gasteiger partial charge on any atom is 0.251 e. The van der Waals surface area contributed by atoms with Crippen molar-refractivity contribution in [2.45, 2.75) is 13.0 Å². The van der Waals surface area contributed by atoms with Crippen molar-refractivity contribution in [3.8, 4) is 5.75 Å². The van der Waals surface area contributed by atoms with Crippen LogP contribution in [0.15, 0.2) is 36.7 Å². The van der Waals surface area contributed by atoms with Crippen molar-refractivity contribution in [3.63, 3.8) is 0 Å². The maximum atomic E-state index is 10.9. The second kappa shape index (κ2) is 5.35. The van der Waals surface area contributed by atoms with Crippen LogP contribution in [0, 0.1) is 0 Å². The van der Waals surface area contributed by atoms with Gasteiger partial charge in [-0.15, -0.1) is 0 Å². The molecule has 0 aliphatic heterocycles. The number of nitrogens with zero attached hydrogens (tertiary/aromatic N) is 2. The number of benzene rings is 1. The Labute approximate surface area is 105 Å². The van der Waals surface area contributed by atoms with E-state index in [-0.39, 0.29) is 0 Å². The highest BCUT2D eigenvalue weighted by Crippen LogP contribution is 2.12. The Morgan fingerprint density at radius 1 is 1.39 bits per heavy atom. The Kier molecular flexibility index (Phi) is 3.62. The molecule has 1 heterocycles. The summed E-state index contributed by atoms with van der Waals surface area (Å²) < 4.78 is 6.81. The zero-order valence-corrected chi connectivity index (χ0v) is 10.2. The Morgan fingerprint density at radius 2 is 2.11 bits per heavy atom. The summed E-state index contributed by atoms with van der Waals surface area (Å²) >= 11 is 0. The minimum Gasteiger partial charge on any atom is -0.497 e. The van der Waals surface area contributed by atoms with Crippen molar-refractivity contribution in [2.24, 2.45) is 5.73 Å². The molecule has 0 saturated carbocycles. The quantitative estimate of drug-likeness (QED) is 0.861. The number of methoxy groups -OCH3 is 1. The lowest BCUT2D eigenvalue weighted by Gasteiger charge is -2.03. The molecule has 5 nitrogen and oxygen atoms in total. The van der Waals surface area contributed by atoms with Crippen molar-refractivity contribution < 1.29 is 9.53 Å². The fourth-order valence-corrected chi connectivity index (χ4v) is 1.65. The van der Waals surface area contributed by atoms with Gasteiger partial charge in [0.05, 0.1) is 18.9 Å². The lowest BCUT2D eigenvalue weighted by atomic mass is 10.1. The van der Waals surface area contributed by atoms with E-state index in [4.69, 9.17) is 10.5 Å². The highest BCUT2D eigenvalue weighted by atomic mass is 16.5. The van der Waals surface area contributed by atoms with Crippen LogP contribution in [0.25, 0.3) is 0 Å². The molecule has 0 aliphatic carbocycles. The number of ether oxygens (including phenoxy) is 1. The number of aryl methyl sites for hydroxylation is 2. The van der Waals surface area contributed by atoms with E-state index >= 15 is 0 Å². The molecular formula is C13H15N3O2. The van der Waals surface area contributed by atoms with Crippen LogP contribution in [0.5, 0.6) is 5.75 Å². The minimum atomic E-state index is -0.453. The number of carbonyl (C=O) groups excluding carboxylic acids is 1. The van der Waals surface area contributed by atoms with Crippen LogP contribution < -0.4 is 10.5 Å².